The van der Waals surface area contributed by atoms with Crippen molar-refractivity contribution in [2.24, 2.45) is 5.73 Å². The quantitative estimate of drug-likeness (QED) is 0.864. The summed E-state index contributed by atoms with van der Waals surface area (Å²) >= 11 is 0. The average Bonchev–Trinajstić information content (AvgIpc) is 2.29. The molecule has 1 aliphatic carbocycles. The van der Waals surface area contributed by atoms with Crippen LogP contribution in [-0.2, 0) is 0 Å². The molecule has 2 rings (SSSR count). The summed E-state index contributed by atoms with van der Waals surface area (Å²) < 4.78 is 5.15. The van der Waals surface area contributed by atoms with Crippen LogP contribution in [0, 0.1) is 0 Å². The summed E-state index contributed by atoms with van der Waals surface area (Å²) in [4.78, 5) is 0. The molecule has 0 unspecified atom stereocenters. The maximum absolute atomic E-state index is 5.99. The molecule has 0 aliphatic heterocycles. The minimum Gasteiger partial charge on any atom is -0.497 e. The van der Waals surface area contributed by atoms with Gasteiger partial charge in [-0.05, 0) is 42.9 Å². The lowest BCUT2D eigenvalue weighted by molar-refractivity contribution is 0.391. The van der Waals surface area contributed by atoms with Gasteiger partial charge in [0.05, 0.1) is 7.11 Å². The molecule has 16 heavy (non-hydrogen) atoms. The molecule has 0 spiro atoms. The molecule has 1 aromatic rings. The highest BCUT2D eigenvalue weighted by molar-refractivity contribution is 5.85. The van der Waals surface area contributed by atoms with Crippen LogP contribution in [0.25, 0.3) is 0 Å². The molecule has 0 heterocycles. The lowest BCUT2D eigenvalue weighted by atomic mass is 9.82. The molecule has 0 bridgehead atoms. The molecule has 2 nitrogen and oxygen atoms in total. The van der Waals surface area contributed by atoms with Crippen molar-refractivity contribution in [3.8, 4) is 5.75 Å². The van der Waals surface area contributed by atoms with E-state index in [0.717, 1.165) is 12.2 Å². The highest BCUT2D eigenvalue weighted by Crippen LogP contribution is 2.32. The Morgan fingerprint density at radius 2 is 1.88 bits per heavy atom. The lowest BCUT2D eigenvalue weighted by Crippen LogP contribution is -2.26. The largest absolute Gasteiger partial charge is 0.497 e. The monoisotopic (exact) mass is 241 g/mol. The van der Waals surface area contributed by atoms with E-state index in [9.17, 15) is 0 Å². The van der Waals surface area contributed by atoms with Crippen molar-refractivity contribution in [3.63, 3.8) is 0 Å². The van der Waals surface area contributed by atoms with Crippen LogP contribution in [0.3, 0.4) is 0 Å². The van der Waals surface area contributed by atoms with Crippen molar-refractivity contribution in [3.05, 3.63) is 29.8 Å². The van der Waals surface area contributed by atoms with Gasteiger partial charge < -0.3 is 10.5 Å². The van der Waals surface area contributed by atoms with E-state index in [1.54, 1.807) is 7.11 Å². The zero-order chi connectivity index (χ0) is 10.7. The molecule has 1 fully saturated rings. The van der Waals surface area contributed by atoms with Crippen LogP contribution in [0.2, 0.25) is 0 Å². The van der Waals surface area contributed by atoms with E-state index in [1.165, 1.54) is 24.8 Å². The summed E-state index contributed by atoms with van der Waals surface area (Å²) in [6.45, 7) is 0. The molecule has 2 atom stereocenters. The molecule has 1 saturated carbocycles. The van der Waals surface area contributed by atoms with Crippen molar-refractivity contribution in [2.45, 2.75) is 37.6 Å². The van der Waals surface area contributed by atoms with Gasteiger partial charge in [0.2, 0.25) is 0 Å². The summed E-state index contributed by atoms with van der Waals surface area (Å²) in [5.41, 5.74) is 7.40. The van der Waals surface area contributed by atoms with Gasteiger partial charge >= 0.3 is 0 Å². The summed E-state index contributed by atoms with van der Waals surface area (Å²) in [5.74, 6) is 1.58. The van der Waals surface area contributed by atoms with Gasteiger partial charge in [0.25, 0.3) is 0 Å². The second-order valence-corrected chi connectivity index (χ2v) is 4.40. The number of rotatable bonds is 2. The van der Waals surface area contributed by atoms with Crippen molar-refractivity contribution < 1.29 is 4.74 Å². The van der Waals surface area contributed by atoms with Crippen LogP contribution >= 0.6 is 12.4 Å². The van der Waals surface area contributed by atoms with Crippen LogP contribution in [0.15, 0.2) is 24.3 Å². The van der Waals surface area contributed by atoms with Crippen molar-refractivity contribution in [1.29, 1.82) is 0 Å². The van der Waals surface area contributed by atoms with Crippen molar-refractivity contribution >= 4 is 12.4 Å². The van der Waals surface area contributed by atoms with E-state index in [0.29, 0.717) is 12.0 Å². The first-order valence-corrected chi connectivity index (χ1v) is 5.69. The molecular weight excluding hydrogens is 222 g/mol. The number of benzene rings is 1. The van der Waals surface area contributed by atoms with Gasteiger partial charge in [0.15, 0.2) is 0 Å². The molecule has 1 aromatic carbocycles. The van der Waals surface area contributed by atoms with Crippen molar-refractivity contribution in [2.75, 3.05) is 7.11 Å². The van der Waals surface area contributed by atoms with Crippen LogP contribution in [0.5, 0.6) is 5.75 Å². The normalized spacial score (nSPS) is 24.6. The lowest BCUT2D eigenvalue weighted by Gasteiger charge is -2.26. The fourth-order valence-electron chi connectivity index (χ4n) is 2.41. The smallest absolute Gasteiger partial charge is 0.118 e. The summed E-state index contributed by atoms with van der Waals surface area (Å²) in [5, 5.41) is 0. The third kappa shape index (κ3) is 3.13. The molecular formula is C13H20ClNO. The van der Waals surface area contributed by atoms with Gasteiger partial charge in [-0.15, -0.1) is 12.4 Å². The summed E-state index contributed by atoms with van der Waals surface area (Å²) in [7, 11) is 1.70. The Labute approximate surface area is 104 Å². The number of hydrogen-bond acceptors (Lipinski definition) is 2. The third-order valence-corrected chi connectivity index (χ3v) is 3.30. The van der Waals surface area contributed by atoms with Crippen molar-refractivity contribution in [1.82, 2.24) is 0 Å². The Hall–Kier alpha value is -0.730. The van der Waals surface area contributed by atoms with E-state index in [-0.39, 0.29) is 12.4 Å². The van der Waals surface area contributed by atoms with Gasteiger partial charge in [-0.1, -0.05) is 18.6 Å². The molecule has 0 amide bonds. The van der Waals surface area contributed by atoms with Crippen LogP contribution in [0.1, 0.15) is 37.2 Å². The number of ether oxygens (including phenoxy) is 1. The molecule has 0 saturated heterocycles. The maximum Gasteiger partial charge on any atom is 0.118 e. The van der Waals surface area contributed by atoms with Gasteiger partial charge in [-0.25, -0.2) is 0 Å². The Morgan fingerprint density at radius 1 is 1.19 bits per heavy atom. The maximum atomic E-state index is 5.99. The Kier molecular flexibility index (Phi) is 5.10. The van der Waals surface area contributed by atoms with E-state index >= 15 is 0 Å². The molecule has 0 radical (unpaired) electrons. The Morgan fingerprint density at radius 3 is 2.44 bits per heavy atom. The van der Waals surface area contributed by atoms with Gasteiger partial charge in [0, 0.05) is 6.04 Å². The SMILES string of the molecule is COc1ccc([C@@H]2CCC[C@H](N)C2)cc1.Cl. The summed E-state index contributed by atoms with van der Waals surface area (Å²) in [6.07, 6.45) is 4.86. The number of halogens is 1. The molecule has 1 aliphatic rings. The highest BCUT2D eigenvalue weighted by atomic mass is 35.5. The second kappa shape index (κ2) is 6.12. The predicted molar refractivity (Wildman–Crippen MR) is 69.4 cm³/mol. The second-order valence-electron chi connectivity index (χ2n) is 4.40. The first-order chi connectivity index (χ1) is 7.29. The van der Waals surface area contributed by atoms with Gasteiger partial charge in [-0.3, -0.25) is 0 Å². The van der Waals surface area contributed by atoms with Crippen LogP contribution in [-0.4, -0.2) is 13.2 Å². The molecule has 2 N–H and O–H groups in total. The number of nitrogens with two attached hydrogens (primary N) is 1. The number of hydrogen-bond donors (Lipinski definition) is 1. The molecule has 90 valence electrons. The first kappa shape index (κ1) is 13.3. The fourth-order valence-corrected chi connectivity index (χ4v) is 2.41. The Balaban J connectivity index is 0.00000128. The average molecular weight is 242 g/mol. The molecule has 0 aromatic heterocycles. The third-order valence-electron chi connectivity index (χ3n) is 3.30. The minimum atomic E-state index is 0. The standard InChI is InChI=1S/C13H19NO.ClH/c1-15-13-7-5-10(6-8-13)11-3-2-4-12(14)9-11;/h5-8,11-12H,2-4,9,14H2,1H3;1H/t11-,12+;/m1./s1. The molecule has 3 heteroatoms. The zero-order valence-electron chi connectivity index (χ0n) is 9.69. The van der Waals surface area contributed by atoms with Gasteiger partial charge in [0.1, 0.15) is 5.75 Å². The van der Waals surface area contributed by atoms with E-state index in [4.69, 9.17) is 10.5 Å². The highest BCUT2D eigenvalue weighted by Gasteiger charge is 2.20. The first-order valence-electron chi connectivity index (χ1n) is 5.69. The van der Waals surface area contributed by atoms with E-state index < -0.39 is 0 Å². The minimum absolute atomic E-state index is 0. The van der Waals surface area contributed by atoms with Crippen LogP contribution < -0.4 is 10.5 Å². The fraction of sp³-hybridized carbons (Fsp3) is 0.538. The topological polar surface area (TPSA) is 35.2 Å². The Bertz CT molecular complexity index is 312. The predicted octanol–water partition coefficient (Wildman–Crippen LogP) is 3.10. The van der Waals surface area contributed by atoms with Gasteiger partial charge in [-0.2, -0.15) is 0 Å². The van der Waals surface area contributed by atoms with E-state index in [1.807, 2.05) is 12.1 Å². The van der Waals surface area contributed by atoms with Crippen LogP contribution in [0.4, 0.5) is 0 Å². The number of methoxy groups -OCH3 is 1. The zero-order valence-corrected chi connectivity index (χ0v) is 10.5. The summed E-state index contributed by atoms with van der Waals surface area (Å²) in [6, 6.07) is 8.81. The van der Waals surface area contributed by atoms with E-state index in [2.05, 4.69) is 12.1 Å².